The lowest BCUT2D eigenvalue weighted by Gasteiger charge is -1.88. The first-order valence-electron chi connectivity index (χ1n) is 2.89. The molecule has 0 aliphatic heterocycles. The molecule has 50 valence electrons. The van der Waals surface area contributed by atoms with Crippen LogP contribution in [0.2, 0.25) is 0 Å². The van der Waals surface area contributed by atoms with Crippen molar-refractivity contribution in [2.24, 2.45) is 0 Å². The minimum absolute atomic E-state index is 0.735. The van der Waals surface area contributed by atoms with Gasteiger partial charge < -0.3 is 0 Å². The zero-order valence-corrected chi connectivity index (χ0v) is 6.80. The van der Waals surface area contributed by atoms with E-state index >= 15 is 0 Å². The molecule has 8 heavy (non-hydrogen) atoms. The van der Waals surface area contributed by atoms with Crippen LogP contribution in [-0.2, 0) is 20.5 Å². The van der Waals surface area contributed by atoms with E-state index in [0.29, 0.717) is 0 Å². The summed E-state index contributed by atoms with van der Waals surface area (Å²) in [7, 11) is -1.28. The first-order chi connectivity index (χ1) is 3.77. The number of unbranched alkanes of at least 4 members (excludes halogenated alkanes) is 2. The van der Waals surface area contributed by atoms with E-state index in [0.717, 1.165) is 18.6 Å². The van der Waals surface area contributed by atoms with E-state index in [9.17, 15) is 4.21 Å². The van der Waals surface area contributed by atoms with Crippen LogP contribution >= 0.6 is 0 Å². The lowest BCUT2D eigenvalue weighted by Crippen LogP contribution is -1.84. The summed E-state index contributed by atoms with van der Waals surface area (Å²) in [4.78, 5) is 0. The normalized spacial score (nSPS) is 13.6. The second kappa shape index (κ2) is 5.51. The van der Waals surface area contributed by atoms with Gasteiger partial charge in [-0.2, -0.15) is 0 Å². The van der Waals surface area contributed by atoms with Crippen molar-refractivity contribution in [3.8, 4) is 0 Å². The molecule has 0 aromatic heterocycles. The molecular formula is C5H12OS2. The third-order valence-corrected chi connectivity index (χ3v) is 2.17. The van der Waals surface area contributed by atoms with Gasteiger partial charge in [0.25, 0.3) is 0 Å². The van der Waals surface area contributed by atoms with Crippen molar-refractivity contribution in [2.75, 3.05) is 5.75 Å². The zero-order chi connectivity index (χ0) is 6.41. The van der Waals surface area contributed by atoms with Gasteiger partial charge in [-0.25, -0.2) is 0 Å². The maximum Gasteiger partial charge on any atom is 0.0232 e. The molecule has 0 aromatic rings. The van der Waals surface area contributed by atoms with E-state index in [1.165, 1.54) is 6.42 Å². The second-order valence-electron chi connectivity index (χ2n) is 1.76. The average molecular weight is 152 g/mol. The predicted molar refractivity (Wildman–Crippen MR) is 41.3 cm³/mol. The Labute approximate surface area is 57.2 Å². The quantitative estimate of drug-likeness (QED) is 0.480. The van der Waals surface area contributed by atoms with E-state index in [1.54, 1.807) is 0 Å². The molecule has 0 fully saturated rings. The Bertz CT molecular complexity index is 99.0. The standard InChI is InChI=1S/C5H12OS2/c1-2-3-4-5-8(6)7/h8H,2-5H2,1H3. The van der Waals surface area contributed by atoms with Crippen molar-refractivity contribution in [3.05, 3.63) is 0 Å². The fourth-order valence-corrected chi connectivity index (χ4v) is 1.36. The smallest absolute Gasteiger partial charge is 0.0232 e. The molecule has 0 aromatic carbocycles. The Morgan fingerprint density at radius 1 is 1.50 bits per heavy atom. The number of hydrogen-bond acceptors (Lipinski definition) is 2. The van der Waals surface area contributed by atoms with Crippen LogP contribution in [0.1, 0.15) is 26.2 Å². The molecule has 0 rings (SSSR count). The summed E-state index contributed by atoms with van der Waals surface area (Å²) < 4.78 is 10.3. The van der Waals surface area contributed by atoms with Crippen LogP contribution in [0.3, 0.4) is 0 Å². The molecule has 0 spiro atoms. The minimum atomic E-state index is -1.28. The molecule has 3 heteroatoms. The zero-order valence-electron chi connectivity index (χ0n) is 5.09. The fourth-order valence-electron chi connectivity index (χ4n) is 0.491. The largest absolute Gasteiger partial charge is 0.260 e. The van der Waals surface area contributed by atoms with Gasteiger partial charge in [0.1, 0.15) is 0 Å². The SMILES string of the molecule is CCCCC[SH](=O)=S. The van der Waals surface area contributed by atoms with Crippen molar-refractivity contribution in [3.63, 3.8) is 0 Å². The summed E-state index contributed by atoms with van der Waals surface area (Å²) in [6.07, 6.45) is 3.38. The molecule has 1 unspecified atom stereocenters. The van der Waals surface area contributed by atoms with Gasteiger partial charge in [-0.05, 0) is 17.6 Å². The maximum atomic E-state index is 10.3. The van der Waals surface area contributed by atoms with Crippen LogP contribution < -0.4 is 0 Å². The molecule has 0 radical (unpaired) electrons. The first-order valence-corrected chi connectivity index (χ1v) is 5.35. The lowest BCUT2D eigenvalue weighted by atomic mass is 10.3. The summed E-state index contributed by atoms with van der Waals surface area (Å²) in [5, 5.41) is 0. The molecule has 0 saturated heterocycles. The highest BCUT2D eigenvalue weighted by Crippen LogP contribution is 1.92. The number of thiol groups is 1. The van der Waals surface area contributed by atoms with Crippen molar-refractivity contribution in [1.29, 1.82) is 0 Å². The third-order valence-electron chi connectivity index (χ3n) is 0.944. The first kappa shape index (κ1) is 8.37. The Morgan fingerprint density at radius 2 is 2.12 bits per heavy atom. The summed E-state index contributed by atoms with van der Waals surface area (Å²) >= 11 is 4.50. The fraction of sp³-hybridized carbons (Fsp3) is 1.00. The maximum absolute atomic E-state index is 10.3. The van der Waals surface area contributed by atoms with Gasteiger partial charge in [0.2, 0.25) is 0 Å². The van der Waals surface area contributed by atoms with Crippen LogP contribution in [0.25, 0.3) is 0 Å². The Kier molecular flexibility index (Phi) is 5.76. The molecule has 0 heterocycles. The topological polar surface area (TPSA) is 17.1 Å². The van der Waals surface area contributed by atoms with Gasteiger partial charge >= 0.3 is 0 Å². The molecule has 0 N–H and O–H groups in total. The highest BCUT2D eigenvalue weighted by molar-refractivity contribution is 8.21. The van der Waals surface area contributed by atoms with Crippen molar-refractivity contribution in [2.45, 2.75) is 26.2 Å². The Balaban J connectivity index is 2.94. The number of rotatable bonds is 4. The second-order valence-corrected chi connectivity index (χ2v) is 4.10. The van der Waals surface area contributed by atoms with E-state index in [1.807, 2.05) is 0 Å². The molecule has 0 saturated carbocycles. The van der Waals surface area contributed by atoms with Gasteiger partial charge in [0.15, 0.2) is 0 Å². The van der Waals surface area contributed by atoms with Crippen molar-refractivity contribution < 1.29 is 4.21 Å². The van der Waals surface area contributed by atoms with Crippen LogP contribution in [-0.4, -0.2) is 9.96 Å². The summed E-state index contributed by atoms with van der Waals surface area (Å²) in [6, 6.07) is 0. The highest BCUT2D eigenvalue weighted by atomic mass is 32.8. The van der Waals surface area contributed by atoms with Crippen LogP contribution in [0.15, 0.2) is 0 Å². The molecule has 0 aliphatic rings. The molecular weight excluding hydrogens is 140 g/mol. The van der Waals surface area contributed by atoms with E-state index in [2.05, 4.69) is 18.1 Å². The highest BCUT2D eigenvalue weighted by Gasteiger charge is 1.82. The molecule has 1 atom stereocenters. The Hall–Kier alpha value is 0.370. The van der Waals surface area contributed by atoms with Crippen molar-refractivity contribution >= 4 is 20.5 Å². The summed E-state index contributed by atoms with van der Waals surface area (Å²) in [5.41, 5.74) is 0. The van der Waals surface area contributed by atoms with Gasteiger partial charge in [-0.1, -0.05) is 19.8 Å². The van der Waals surface area contributed by atoms with Gasteiger partial charge in [0.05, 0.1) is 0 Å². The average Bonchev–Trinajstić information content (AvgIpc) is 1.66. The van der Waals surface area contributed by atoms with Gasteiger partial charge in [-0.3, -0.25) is 4.21 Å². The molecule has 0 amide bonds. The van der Waals surface area contributed by atoms with E-state index < -0.39 is 9.36 Å². The van der Waals surface area contributed by atoms with E-state index in [4.69, 9.17) is 0 Å². The van der Waals surface area contributed by atoms with Crippen LogP contribution in [0, 0.1) is 0 Å². The summed E-state index contributed by atoms with van der Waals surface area (Å²) in [5.74, 6) is 0.735. The summed E-state index contributed by atoms with van der Waals surface area (Å²) in [6.45, 7) is 2.12. The lowest BCUT2D eigenvalue weighted by molar-refractivity contribution is 0.686. The minimum Gasteiger partial charge on any atom is -0.260 e. The third kappa shape index (κ3) is 6.37. The molecule has 0 aliphatic carbocycles. The molecule has 0 bridgehead atoms. The monoisotopic (exact) mass is 152 g/mol. The van der Waals surface area contributed by atoms with Crippen LogP contribution in [0.5, 0.6) is 0 Å². The van der Waals surface area contributed by atoms with Gasteiger partial charge in [0, 0.05) is 15.1 Å². The molecule has 1 nitrogen and oxygen atoms in total. The van der Waals surface area contributed by atoms with Crippen LogP contribution in [0.4, 0.5) is 0 Å². The van der Waals surface area contributed by atoms with Gasteiger partial charge in [-0.15, -0.1) is 0 Å². The number of hydrogen-bond donors (Lipinski definition) is 1. The van der Waals surface area contributed by atoms with E-state index in [-0.39, 0.29) is 0 Å². The van der Waals surface area contributed by atoms with Crippen molar-refractivity contribution in [1.82, 2.24) is 0 Å². The predicted octanol–water partition coefficient (Wildman–Crippen LogP) is 1.12. The Morgan fingerprint density at radius 3 is 2.50 bits per heavy atom.